The van der Waals surface area contributed by atoms with Crippen LogP contribution in [0.15, 0.2) is 84.9 Å². The maximum atomic E-state index is 12.6. The number of rotatable bonds is 12. The van der Waals surface area contributed by atoms with Crippen LogP contribution in [0.2, 0.25) is 0 Å². The normalized spacial score (nSPS) is 17.3. The van der Waals surface area contributed by atoms with Gasteiger partial charge >= 0.3 is 11.9 Å². The predicted molar refractivity (Wildman–Crippen MR) is 178 cm³/mol. The fourth-order valence-electron chi connectivity index (χ4n) is 6.19. The van der Waals surface area contributed by atoms with E-state index in [1.165, 1.54) is 0 Å². The molecule has 4 heterocycles. The number of hydrogen-bond donors (Lipinski definition) is 2. The number of aromatic nitrogens is 2. The molecule has 2 aliphatic rings. The molecule has 2 aliphatic heterocycles. The van der Waals surface area contributed by atoms with Gasteiger partial charge in [0, 0.05) is 55.1 Å². The summed E-state index contributed by atoms with van der Waals surface area (Å²) in [4.78, 5) is 49.8. The van der Waals surface area contributed by atoms with E-state index in [1.807, 2.05) is 57.7 Å². The van der Waals surface area contributed by atoms with Gasteiger partial charge in [-0.05, 0) is 51.0 Å². The Labute approximate surface area is 279 Å². The minimum absolute atomic E-state index is 0.00871. The van der Waals surface area contributed by atoms with Crippen LogP contribution in [0.25, 0.3) is 0 Å². The van der Waals surface area contributed by atoms with Gasteiger partial charge < -0.3 is 28.8 Å². The van der Waals surface area contributed by atoms with Crippen molar-refractivity contribution >= 4 is 23.5 Å². The summed E-state index contributed by atoms with van der Waals surface area (Å²) in [5.74, 6) is -1.33. The highest BCUT2D eigenvalue weighted by Gasteiger charge is 2.34. The van der Waals surface area contributed by atoms with Gasteiger partial charge in [0.05, 0.1) is 35.9 Å². The Morgan fingerprint density at radius 3 is 1.65 bits per heavy atom. The molecule has 0 saturated carbocycles. The van der Waals surface area contributed by atoms with E-state index >= 15 is 0 Å². The number of ether oxygens (including phenoxy) is 2. The Morgan fingerprint density at radius 2 is 1.19 bits per heavy atom. The Hall–Kier alpha value is -4.80. The van der Waals surface area contributed by atoms with Crippen LogP contribution in [0.5, 0.6) is 0 Å². The van der Waals surface area contributed by atoms with Gasteiger partial charge in [0.15, 0.2) is 0 Å². The molecule has 4 aromatic rings. The van der Waals surface area contributed by atoms with Gasteiger partial charge in [-0.3, -0.25) is 19.2 Å². The largest absolute Gasteiger partial charge is 0.465 e. The summed E-state index contributed by atoms with van der Waals surface area (Å²) in [6, 6.07) is 25.5. The second kappa shape index (κ2) is 15.9. The molecule has 0 aliphatic carbocycles. The van der Waals surface area contributed by atoms with E-state index in [2.05, 4.69) is 0 Å². The molecule has 10 heteroatoms. The van der Waals surface area contributed by atoms with E-state index in [0.29, 0.717) is 61.3 Å². The van der Waals surface area contributed by atoms with E-state index in [1.54, 1.807) is 50.2 Å². The first-order valence-corrected chi connectivity index (χ1v) is 16.4. The topological polar surface area (TPSA) is 137 Å². The molecule has 0 amide bonds. The van der Waals surface area contributed by atoms with E-state index in [0.717, 1.165) is 11.4 Å². The molecule has 4 unspecified atom stereocenters. The number of esters is 2. The minimum atomic E-state index is -0.486. The molecule has 252 valence electrons. The molecule has 48 heavy (non-hydrogen) atoms. The molecule has 2 aromatic heterocycles. The lowest BCUT2D eigenvalue weighted by Gasteiger charge is -2.15. The first-order valence-electron chi connectivity index (χ1n) is 16.4. The highest BCUT2D eigenvalue weighted by molar-refractivity contribution is 6.09. The maximum absolute atomic E-state index is 12.6. The van der Waals surface area contributed by atoms with Crippen molar-refractivity contribution in [2.45, 2.75) is 76.7 Å². The quantitative estimate of drug-likeness (QED) is 0.160. The minimum Gasteiger partial charge on any atom is -0.465 e. The van der Waals surface area contributed by atoms with E-state index in [4.69, 9.17) is 14.6 Å². The third-order valence-corrected chi connectivity index (χ3v) is 8.76. The summed E-state index contributed by atoms with van der Waals surface area (Å²) in [6.07, 6.45) is 1.33. The smallest absolute Gasteiger partial charge is 0.315 e. The molecule has 4 atom stereocenters. The van der Waals surface area contributed by atoms with Crippen LogP contribution in [0, 0.1) is 0 Å². The Kier molecular flexibility index (Phi) is 11.4. The monoisotopic (exact) mass is 654 g/mol. The van der Waals surface area contributed by atoms with Crippen molar-refractivity contribution in [2.75, 3.05) is 13.2 Å². The third kappa shape index (κ3) is 7.83. The lowest BCUT2D eigenvalue weighted by atomic mass is 10.0. The van der Waals surface area contributed by atoms with Gasteiger partial charge in [-0.25, -0.2) is 0 Å². The number of nitrogens with zero attached hydrogens (tertiary/aromatic N) is 2. The van der Waals surface area contributed by atoms with Gasteiger partial charge in [0.25, 0.3) is 0 Å². The van der Waals surface area contributed by atoms with Crippen LogP contribution in [-0.4, -0.2) is 68.3 Å². The molecule has 0 radical (unpaired) electrons. The van der Waals surface area contributed by atoms with Crippen LogP contribution in [0.4, 0.5) is 0 Å². The summed E-state index contributed by atoms with van der Waals surface area (Å²) < 4.78 is 14.5. The number of fused-ring (bicyclic) bond motifs is 2. The first kappa shape index (κ1) is 34.5. The Balaban J connectivity index is 0.000000188. The molecular weight excluding hydrogens is 612 g/mol. The summed E-state index contributed by atoms with van der Waals surface area (Å²) in [5.41, 5.74) is 4.15. The van der Waals surface area contributed by atoms with E-state index in [-0.39, 0.29) is 54.7 Å². The molecule has 10 nitrogen and oxygen atoms in total. The zero-order valence-corrected chi connectivity index (χ0v) is 27.3. The Morgan fingerprint density at radius 1 is 0.708 bits per heavy atom. The van der Waals surface area contributed by atoms with E-state index in [9.17, 15) is 24.3 Å². The molecule has 0 spiro atoms. The number of aliphatic hydroxyl groups is 2. The third-order valence-electron chi connectivity index (χ3n) is 8.76. The van der Waals surface area contributed by atoms with Crippen molar-refractivity contribution in [2.24, 2.45) is 0 Å². The van der Waals surface area contributed by atoms with E-state index < -0.39 is 6.10 Å². The number of benzene rings is 2. The number of ketones is 2. The highest BCUT2D eigenvalue weighted by atomic mass is 16.5. The summed E-state index contributed by atoms with van der Waals surface area (Å²) >= 11 is 0. The van der Waals surface area contributed by atoms with Crippen molar-refractivity contribution < 1.29 is 38.9 Å². The number of hydrogen-bond acceptors (Lipinski definition) is 8. The van der Waals surface area contributed by atoms with Crippen molar-refractivity contribution in [3.8, 4) is 0 Å². The first-order chi connectivity index (χ1) is 23.2. The number of carbonyl (C=O) groups is 4. The number of aliphatic hydroxyl groups excluding tert-OH is 2. The molecular formula is C38H42N2O8. The molecule has 0 fully saturated rings. The van der Waals surface area contributed by atoms with Gasteiger partial charge in [-0.15, -0.1) is 0 Å². The standard InChI is InChI=1S/2C19H21NO4/c1-13(21)10-12-24-19(23)15-9-11-20-16(15)7-8-17(20)18(22)14-5-3-2-4-6-14;1-13(10-12-21)24-19(23)15-9-11-20-16(15)7-8-17(20)18(22)14-5-3-2-4-6-14/h2*2-8,13,15,21H,9-12H2,1H3. The average molecular weight is 655 g/mol. The molecule has 0 saturated heterocycles. The fourth-order valence-corrected chi connectivity index (χ4v) is 6.19. The second-order valence-electron chi connectivity index (χ2n) is 12.2. The van der Waals surface area contributed by atoms with Crippen LogP contribution in [-0.2, 0) is 32.2 Å². The summed E-state index contributed by atoms with van der Waals surface area (Å²) in [6.45, 7) is 4.90. The summed E-state index contributed by atoms with van der Waals surface area (Å²) in [7, 11) is 0. The zero-order valence-electron chi connectivity index (χ0n) is 27.3. The second-order valence-corrected chi connectivity index (χ2v) is 12.2. The lowest BCUT2D eigenvalue weighted by Crippen LogP contribution is -2.21. The molecule has 6 rings (SSSR count). The zero-order chi connectivity index (χ0) is 34.2. The highest BCUT2D eigenvalue weighted by Crippen LogP contribution is 2.34. The van der Waals surface area contributed by atoms with Crippen molar-refractivity contribution in [1.29, 1.82) is 0 Å². The Bertz CT molecular complexity index is 1720. The van der Waals surface area contributed by atoms with Gasteiger partial charge in [-0.2, -0.15) is 0 Å². The maximum Gasteiger partial charge on any atom is 0.315 e. The number of carbonyl (C=O) groups excluding carboxylic acids is 4. The molecule has 0 bridgehead atoms. The predicted octanol–water partition coefficient (Wildman–Crippen LogP) is 5.04. The molecule has 2 N–H and O–H groups in total. The molecule has 2 aromatic carbocycles. The van der Waals surface area contributed by atoms with Crippen molar-refractivity contribution in [1.82, 2.24) is 9.13 Å². The fraction of sp³-hybridized carbons (Fsp3) is 0.368. The van der Waals surface area contributed by atoms with Crippen LogP contribution in [0.3, 0.4) is 0 Å². The van der Waals surface area contributed by atoms with Crippen LogP contribution >= 0.6 is 0 Å². The van der Waals surface area contributed by atoms with Crippen LogP contribution in [0.1, 0.15) is 94.9 Å². The van der Waals surface area contributed by atoms with Gasteiger partial charge in [0.1, 0.15) is 6.10 Å². The van der Waals surface area contributed by atoms with Gasteiger partial charge in [0.2, 0.25) is 11.6 Å². The van der Waals surface area contributed by atoms with Gasteiger partial charge in [-0.1, -0.05) is 60.7 Å². The van der Waals surface area contributed by atoms with Crippen molar-refractivity contribution in [3.05, 3.63) is 119 Å². The summed E-state index contributed by atoms with van der Waals surface area (Å²) in [5, 5.41) is 18.1. The lowest BCUT2D eigenvalue weighted by molar-refractivity contribution is -0.150. The average Bonchev–Trinajstić information content (AvgIpc) is 3.87. The van der Waals surface area contributed by atoms with Crippen LogP contribution < -0.4 is 0 Å². The SMILES string of the molecule is CC(CCO)OC(=O)C1CCn2c(C(=O)c3ccccc3)ccc21.CC(O)CCOC(=O)C1CCn2c(C(=O)c3ccccc3)ccc21. The van der Waals surface area contributed by atoms with Crippen molar-refractivity contribution in [3.63, 3.8) is 0 Å².